The van der Waals surface area contributed by atoms with Crippen molar-refractivity contribution in [2.45, 2.75) is 32.7 Å². The number of H-pyrrole nitrogens is 1. The number of aromatic nitrogens is 1. The Morgan fingerprint density at radius 2 is 1.93 bits per heavy atom. The highest BCUT2D eigenvalue weighted by Crippen LogP contribution is 2.18. The van der Waals surface area contributed by atoms with Crippen LogP contribution in [0.2, 0.25) is 0 Å². The fraction of sp³-hybridized carbons (Fsp3) is 0.500. The monoisotopic (exact) mass is 216 g/mol. The van der Waals surface area contributed by atoms with E-state index in [-0.39, 0.29) is 23.4 Å². The van der Waals surface area contributed by atoms with Gasteiger partial charge in [0.2, 0.25) is 0 Å². The zero-order valence-electron chi connectivity index (χ0n) is 8.76. The van der Waals surface area contributed by atoms with E-state index in [1.165, 1.54) is 0 Å². The molecule has 1 rings (SSSR count). The second-order valence-corrected chi connectivity index (χ2v) is 4.18. The second-order valence-electron chi connectivity index (χ2n) is 4.18. The molecule has 0 aliphatic heterocycles. The number of hydrogen-bond acceptors (Lipinski definition) is 2. The first-order valence-corrected chi connectivity index (χ1v) is 4.38. The molecule has 1 aromatic rings. The summed E-state index contributed by atoms with van der Waals surface area (Å²) in [4.78, 5) is 14.2. The minimum absolute atomic E-state index is 0. The summed E-state index contributed by atoms with van der Waals surface area (Å²) in [5.74, 6) is 0. The molecule has 0 atom stereocenters. The van der Waals surface area contributed by atoms with E-state index in [0.717, 1.165) is 5.69 Å². The fourth-order valence-corrected chi connectivity index (χ4v) is 1.10. The van der Waals surface area contributed by atoms with Crippen LogP contribution < -0.4 is 11.3 Å². The van der Waals surface area contributed by atoms with Gasteiger partial charge in [-0.25, -0.2) is 0 Å². The first kappa shape index (κ1) is 13.2. The van der Waals surface area contributed by atoms with Gasteiger partial charge in [-0.3, -0.25) is 4.79 Å². The van der Waals surface area contributed by atoms with E-state index in [9.17, 15) is 4.79 Å². The van der Waals surface area contributed by atoms with E-state index < -0.39 is 0 Å². The highest BCUT2D eigenvalue weighted by atomic mass is 35.5. The van der Waals surface area contributed by atoms with Crippen LogP contribution in [0.25, 0.3) is 0 Å². The number of pyridine rings is 1. The molecule has 0 unspecified atom stereocenters. The largest absolute Gasteiger partial charge is 0.326 e. The standard InChI is InChI=1S/C10H16N2O.ClH/c1-10(2,3)8-5-4-7(6-11)9(13)12-8;/h4-5H,6,11H2,1-3H3,(H,12,13);1H. The van der Waals surface area contributed by atoms with Gasteiger partial charge in [0, 0.05) is 23.2 Å². The lowest BCUT2D eigenvalue weighted by molar-refractivity contribution is 0.566. The Morgan fingerprint density at radius 1 is 1.36 bits per heavy atom. The molecule has 80 valence electrons. The molecule has 0 radical (unpaired) electrons. The number of nitrogens with two attached hydrogens (primary N) is 1. The molecule has 0 bridgehead atoms. The molecule has 14 heavy (non-hydrogen) atoms. The van der Waals surface area contributed by atoms with Gasteiger partial charge in [0.15, 0.2) is 0 Å². The number of aromatic amines is 1. The predicted octanol–water partition coefficient (Wildman–Crippen LogP) is 1.55. The van der Waals surface area contributed by atoms with E-state index in [1.807, 2.05) is 6.07 Å². The first-order valence-electron chi connectivity index (χ1n) is 4.38. The third kappa shape index (κ3) is 2.86. The number of halogens is 1. The average Bonchev–Trinajstić information content (AvgIpc) is 2.02. The summed E-state index contributed by atoms with van der Waals surface area (Å²) in [5.41, 5.74) is 6.87. The lowest BCUT2D eigenvalue weighted by Crippen LogP contribution is -2.22. The van der Waals surface area contributed by atoms with E-state index in [4.69, 9.17) is 5.73 Å². The van der Waals surface area contributed by atoms with Gasteiger partial charge in [-0.15, -0.1) is 12.4 Å². The maximum absolute atomic E-state index is 11.4. The van der Waals surface area contributed by atoms with Crippen LogP contribution in [0.4, 0.5) is 0 Å². The Labute approximate surface area is 90.1 Å². The first-order chi connectivity index (χ1) is 5.95. The second kappa shape index (κ2) is 4.62. The van der Waals surface area contributed by atoms with Crippen LogP contribution in [0.1, 0.15) is 32.0 Å². The molecule has 3 N–H and O–H groups in total. The Hall–Kier alpha value is -0.800. The SMILES string of the molecule is CC(C)(C)c1ccc(CN)c(=O)[nH]1.Cl. The number of rotatable bonds is 1. The zero-order valence-corrected chi connectivity index (χ0v) is 9.57. The summed E-state index contributed by atoms with van der Waals surface area (Å²) in [6.07, 6.45) is 0. The molecule has 0 aliphatic carbocycles. The Balaban J connectivity index is 0.00000169. The van der Waals surface area contributed by atoms with Gasteiger partial charge in [-0.05, 0) is 6.07 Å². The molecular formula is C10H17ClN2O. The van der Waals surface area contributed by atoms with Gasteiger partial charge in [-0.2, -0.15) is 0 Å². The minimum Gasteiger partial charge on any atom is -0.326 e. The summed E-state index contributed by atoms with van der Waals surface area (Å²) in [6, 6.07) is 3.71. The molecule has 1 aromatic heterocycles. The fourth-order valence-electron chi connectivity index (χ4n) is 1.10. The van der Waals surface area contributed by atoms with Crippen LogP contribution in [0, 0.1) is 0 Å². The summed E-state index contributed by atoms with van der Waals surface area (Å²) in [5, 5.41) is 0. The van der Waals surface area contributed by atoms with Crippen molar-refractivity contribution in [2.24, 2.45) is 5.73 Å². The Kier molecular flexibility index (Phi) is 4.36. The van der Waals surface area contributed by atoms with Crippen LogP contribution in [-0.4, -0.2) is 4.98 Å². The van der Waals surface area contributed by atoms with Crippen molar-refractivity contribution in [3.63, 3.8) is 0 Å². The third-order valence-corrected chi connectivity index (χ3v) is 2.02. The quantitative estimate of drug-likeness (QED) is 0.749. The highest BCUT2D eigenvalue weighted by Gasteiger charge is 2.14. The van der Waals surface area contributed by atoms with Gasteiger partial charge in [0.1, 0.15) is 0 Å². The van der Waals surface area contributed by atoms with Crippen LogP contribution in [-0.2, 0) is 12.0 Å². The molecule has 0 aromatic carbocycles. The molecule has 0 spiro atoms. The number of nitrogens with one attached hydrogen (secondary N) is 1. The van der Waals surface area contributed by atoms with E-state index in [2.05, 4.69) is 25.8 Å². The minimum atomic E-state index is -0.0741. The molecule has 0 saturated heterocycles. The van der Waals surface area contributed by atoms with Crippen molar-refractivity contribution in [3.8, 4) is 0 Å². The Morgan fingerprint density at radius 3 is 2.29 bits per heavy atom. The maximum atomic E-state index is 11.4. The Bertz CT molecular complexity index is 352. The van der Waals surface area contributed by atoms with E-state index in [0.29, 0.717) is 12.1 Å². The molecule has 1 heterocycles. The maximum Gasteiger partial charge on any atom is 0.252 e. The van der Waals surface area contributed by atoms with Crippen LogP contribution in [0.15, 0.2) is 16.9 Å². The van der Waals surface area contributed by atoms with E-state index in [1.54, 1.807) is 6.07 Å². The summed E-state index contributed by atoms with van der Waals surface area (Å²) in [7, 11) is 0. The summed E-state index contributed by atoms with van der Waals surface area (Å²) >= 11 is 0. The summed E-state index contributed by atoms with van der Waals surface area (Å²) < 4.78 is 0. The lowest BCUT2D eigenvalue weighted by atomic mass is 9.91. The molecule has 4 heteroatoms. The van der Waals surface area contributed by atoms with Crippen molar-refractivity contribution in [3.05, 3.63) is 33.7 Å². The van der Waals surface area contributed by atoms with Gasteiger partial charge in [-0.1, -0.05) is 26.8 Å². The van der Waals surface area contributed by atoms with Crippen molar-refractivity contribution >= 4 is 12.4 Å². The molecule has 3 nitrogen and oxygen atoms in total. The van der Waals surface area contributed by atoms with Crippen molar-refractivity contribution in [1.29, 1.82) is 0 Å². The average molecular weight is 217 g/mol. The normalized spacial score (nSPS) is 10.9. The van der Waals surface area contributed by atoms with Crippen LogP contribution in [0.5, 0.6) is 0 Å². The van der Waals surface area contributed by atoms with Gasteiger partial charge in [0.25, 0.3) is 5.56 Å². The van der Waals surface area contributed by atoms with Crippen molar-refractivity contribution < 1.29 is 0 Å². The van der Waals surface area contributed by atoms with Crippen LogP contribution in [0.3, 0.4) is 0 Å². The lowest BCUT2D eigenvalue weighted by Gasteiger charge is -2.18. The molecule has 0 aliphatic rings. The van der Waals surface area contributed by atoms with Crippen LogP contribution >= 0.6 is 12.4 Å². The smallest absolute Gasteiger partial charge is 0.252 e. The topological polar surface area (TPSA) is 58.9 Å². The highest BCUT2D eigenvalue weighted by molar-refractivity contribution is 5.85. The van der Waals surface area contributed by atoms with Gasteiger partial charge < -0.3 is 10.7 Å². The van der Waals surface area contributed by atoms with Gasteiger partial charge in [0.05, 0.1) is 0 Å². The number of hydrogen-bond donors (Lipinski definition) is 2. The molecular weight excluding hydrogens is 200 g/mol. The van der Waals surface area contributed by atoms with Crippen molar-refractivity contribution in [1.82, 2.24) is 4.98 Å². The van der Waals surface area contributed by atoms with E-state index >= 15 is 0 Å². The van der Waals surface area contributed by atoms with Crippen molar-refractivity contribution in [2.75, 3.05) is 0 Å². The summed E-state index contributed by atoms with van der Waals surface area (Å²) in [6.45, 7) is 6.46. The zero-order chi connectivity index (χ0) is 10.1. The molecule has 0 amide bonds. The molecule has 0 fully saturated rings. The van der Waals surface area contributed by atoms with Gasteiger partial charge >= 0.3 is 0 Å². The predicted molar refractivity (Wildman–Crippen MR) is 60.9 cm³/mol. The molecule has 0 saturated carbocycles. The third-order valence-electron chi connectivity index (χ3n) is 2.02.